The molecule has 5 rings (SSSR count). The molecule has 1 aliphatic heterocycles. The molecule has 1 N–H and O–H groups in total. The van der Waals surface area contributed by atoms with Gasteiger partial charge in [-0.15, -0.1) is 11.3 Å². The van der Waals surface area contributed by atoms with Crippen molar-refractivity contribution in [2.24, 2.45) is 0 Å². The fourth-order valence-corrected chi connectivity index (χ4v) is 5.05. The lowest BCUT2D eigenvalue weighted by Gasteiger charge is -2.27. The normalized spacial score (nSPS) is 13.8. The molecule has 2 amide bonds. The molecule has 9 heteroatoms. The van der Waals surface area contributed by atoms with Gasteiger partial charge in [-0.05, 0) is 30.5 Å². The van der Waals surface area contributed by atoms with Gasteiger partial charge in [-0.1, -0.05) is 32.0 Å². The molecule has 0 unspecified atom stereocenters. The molecule has 0 aromatic carbocycles. The summed E-state index contributed by atoms with van der Waals surface area (Å²) in [5.41, 5.74) is 3.60. The van der Waals surface area contributed by atoms with Crippen LogP contribution in [0.15, 0.2) is 46.6 Å². The van der Waals surface area contributed by atoms with Gasteiger partial charge in [0.2, 0.25) is 5.88 Å². The summed E-state index contributed by atoms with van der Waals surface area (Å²) in [6.07, 6.45) is 4.99. The third-order valence-corrected chi connectivity index (χ3v) is 7.45. The Morgan fingerprint density at radius 3 is 2.97 bits per heavy atom. The second-order valence-corrected chi connectivity index (χ2v) is 9.83. The van der Waals surface area contributed by atoms with Gasteiger partial charge < -0.3 is 9.42 Å². The first-order valence-corrected chi connectivity index (χ1v) is 11.8. The first-order chi connectivity index (χ1) is 15.9. The van der Waals surface area contributed by atoms with Crippen molar-refractivity contribution >= 4 is 34.7 Å². The zero-order chi connectivity index (χ0) is 23.2. The predicted molar refractivity (Wildman–Crippen MR) is 126 cm³/mol. The van der Waals surface area contributed by atoms with Crippen LogP contribution in [0.1, 0.15) is 64.2 Å². The monoisotopic (exact) mass is 463 g/mol. The number of amides is 2. The van der Waals surface area contributed by atoms with Crippen molar-refractivity contribution in [1.29, 1.82) is 0 Å². The molecule has 0 atom stereocenters. The maximum absolute atomic E-state index is 13.1. The predicted octanol–water partition coefficient (Wildman–Crippen LogP) is 4.52. The number of thiophene rings is 1. The van der Waals surface area contributed by atoms with Gasteiger partial charge in [0.1, 0.15) is 11.3 Å². The fourth-order valence-electron chi connectivity index (χ4n) is 3.96. The van der Waals surface area contributed by atoms with Crippen LogP contribution in [-0.2, 0) is 18.4 Å². The Balaban J connectivity index is 1.31. The van der Waals surface area contributed by atoms with E-state index < -0.39 is 0 Å². The zero-order valence-electron chi connectivity index (χ0n) is 18.8. The van der Waals surface area contributed by atoms with E-state index in [0.29, 0.717) is 36.7 Å². The number of hydrogen-bond donors (Lipinski definition) is 1. The Morgan fingerprint density at radius 1 is 1.30 bits per heavy atom. The first kappa shape index (κ1) is 21.4. The maximum Gasteiger partial charge on any atom is 0.272 e. The molecule has 0 saturated heterocycles. The van der Waals surface area contributed by atoms with Crippen LogP contribution in [0, 0.1) is 0 Å². The van der Waals surface area contributed by atoms with Crippen LogP contribution < -0.4 is 5.32 Å². The lowest BCUT2D eigenvalue weighted by molar-refractivity contribution is 0.0730. The molecule has 1 aliphatic rings. The van der Waals surface area contributed by atoms with Crippen LogP contribution in [0.2, 0.25) is 0 Å². The Hall–Kier alpha value is -3.46. The van der Waals surface area contributed by atoms with Crippen molar-refractivity contribution in [1.82, 2.24) is 19.4 Å². The molecule has 0 spiro atoms. The van der Waals surface area contributed by atoms with E-state index in [1.165, 1.54) is 11.3 Å². The van der Waals surface area contributed by atoms with E-state index in [0.717, 1.165) is 28.2 Å². The van der Waals surface area contributed by atoms with Crippen molar-refractivity contribution in [2.45, 2.75) is 45.6 Å². The number of nitrogens with zero attached hydrogens (tertiary/aromatic N) is 4. The second-order valence-electron chi connectivity index (χ2n) is 8.87. The van der Waals surface area contributed by atoms with Gasteiger partial charge >= 0.3 is 0 Å². The lowest BCUT2D eigenvalue weighted by atomic mass is 9.87. The SMILES string of the molecule is CCC(C)(C)c1cc(NC(=O)c2csc3c2CCN(C(=O)c2cnc4ccccn24)C3)on1. The minimum absolute atomic E-state index is 0.0634. The van der Waals surface area contributed by atoms with Crippen LogP contribution in [0.25, 0.3) is 5.65 Å². The number of hydrogen-bond acceptors (Lipinski definition) is 6. The van der Waals surface area contributed by atoms with E-state index in [-0.39, 0.29) is 17.2 Å². The summed E-state index contributed by atoms with van der Waals surface area (Å²) in [6.45, 7) is 7.29. The molecule has 5 heterocycles. The first-order valence-electron chi connectivity index (χ1n) is 11.0. The van der Waals surface area contributed by atoms with Gasteiger partial charge in [0.05, 0.1) is 24.0 Å². The number of aromatic nitrogens is 3. The number of nitrogens with one attached hydrogen (secondary N) is 1. The minimum Gasteiger partial charge on any atom is -0.338 e. The molecule has 0 bridgehead atoms. The summed E-state index contributed by atoms with van der Waals surface area (Å²) in [6, 6.07) is 7.43. The van der Waals surface area contributed by atoms with Crippen molar-refractivity contribution in [2.75, 3.05) is 11.9 Å². The quantitative estimate of drug-likeness (QED) is 0.470. The average molecular weight is 464 g/mol. The van der Waals surface area contributed by atoms with Crippen LogP contribution in [0.3, 0.4) is 0 Å². The fraction of sp³-hybridized carbons (Fsp3) is 0.333. The Morgan fingerprint density at radius 2 is 2.15 bits per heavy atom. The molecule has 170 valence electrons. The number of rotatable bonds is 5. The topological polar surface area (TPSA) is 92.7 Å². The highest BCUT2D eigenvalue weighted by Crippen LogP contribution is 2.31. The van der Waals surface area contributed by atoms with Crippen LogP contribution in [0.4, 0.5) is 5.88 Å². The lowest BCUT2D eigenvalue weighted by Crippen LogP contribution is -2.36. The summed E-state index contributed by atoms with van der Waals surface area (Å²) in [7, 11) is 0. The molecule has 0 aliphatic carbocycles. The summed E-state index contributed by atoms with van der Waals surface area (Å²) in [5.74, 6) is 0.0641. The van der Waals surface area contributed by atoms with Crippen LogP contribution in [0.5, 0.6) is 0 Å². The standard InChI is InChI=1S/C24H25N5O3S/c1-4-24(2,3)19-11-21(32-27-19)26-22(30)16-14-33-18-13-28(10-8-15(16)18)23(31)17-12-25-20-7-5-6-9-29(17)20/h5-7,9,11-12,14H,4,8,10,13H2,1-3H3,(H,26,30). The molecule has 0 radical (unpaired) electrons. The number of carbonyl (C=O) groups is 2. The van der Waals surface area contributed by atoms with Gasteiger partial charge in [0.25, 0.3) is 11.8 Å². The van der Waals surface area contributed by atoms with E-state index in [1.54, 1.807) is 16.7 Å². The number of carbonyl (C=O) groups excluding carboxylic acids is 2. The average Bonchev–Trinajstić information content (AvgIpc) is 3.56. The van der Waals surface area contributed by atoms with E-state index >= 15 is 0 Å². The van der Waals surface area contributed by atoms with E-state index in [9.17, 15) is 9.59 Å². The van der Waals surface area contributed by atoms with Crippen LogP contribution >= 0.6 is 11.3 Å². The van der Waals surface area contributed by atoms with Gasteiger partial charge in [-0.2, -0.15) is 0 Å². The molecule has 4 aromatic heterocycles. The number of fused-ring (bicyclic) bond motifs is 2. The Kier molecular flexibility index (Phi) is 5.28. The highest BCUT2D eigenvalue weighted by molar-refractivity contribution is 7.10. The Bertz CT molecular complexity index is 1350. The maximum atomic E-state index is 13.1. The summed E-state index contributed by atoms with van der Waals surface area (Å²) in [5, 5.41) is 8.81. The molecule has 33 heavy (non-hydrogen) atoms. The highest BCUT2D eigenvalue weighted by Gasteiger charge is 2.29. The van der Waals surface area contributed by atoms with Gasteiger partial charge in [-0.25, -0.2) is 4.98 Å². The van der Waals surface area contributed by atoms with Crippen molar-refractivity contribution in [3.63, 3.8) is 0 Å². The minimum atomic E-state index is -0.217. The molecule has 0 fully saturated rings. The van der Waals surface area contributed by atoms with Crippen molar-refractivity contribution in [3.8, 4) is 0 Å². The van der Waals surface area contributed by atoms with E-state index in [1.807, 2.05) is 34.7 Å². The van der Waals surface area contributed by atoms with Gasteiger partial charge in [0.15, 0.2) is 0 Å². The molecular formula is C24H25N5O3S. The Labute approximate surface area is 195 Å². The number of imidazole rings is 1. The number of pyridine rings is 1. The summed E-state index contributed by atoms with van der Waals surface area (Å²) < 4.78 is 7.15. The smallest absolute Gasteiger partial charge is 0.272 e. The van der Waals surface area contributed by atoms with Gasteiger partial charge in [-0.3, -0.25) is 19.3 Å². The van der Waals surface area contributed by atoms with Gasteiger partial charge in [0, 0.05) is 34.5 Å². The van der Waals surface area contributed by atoms with Crippen molar-refractivity contribution in [3.05, 3.63) is 69.4 Å². The second kappa shape index (κ2) is 8.15. The third-order valence-electron chi connectivity index (χ3n) is 6.44. The summed E-state index contributed by atoms with van der Waals surface area (Å²) in [4.78, 5) is 33.2. The molecule has 0 saturated carbocycles. The summed E-state index contributed by atoms with van der Waals surface area (Å²) >= 11 is 1.50. The van der Waals surface area contributed by atoms with E-state index in [4.69, 9.17) is 4.52 Å². The zero-order valence-corrected chi connectivity index (χ0v) is 19.6. The highest BCUT2D eigenvalue weighted by atomic mass is 32.1. The third kappa shape index (κ3) is 3.82. The molecule has 8 nitrogen and oxygen atoms in total. The number of anilines is 1. The van der Waals surface area contributed by atoms with Crippen LogP contribution in [-0.4, -0.2) is 37.8 Å². The molecule has 4 aromatic rings. The van der Waals surface area contributed by atoms with E-state index in [2.05, 4.69) is 36.2 Å². The largest absolute Gasteiger partial charge is 0.338 e. The van der Waals surface area contributed by atoms with Crippen molar-refractivity contribution < 1.29 is 14.1 Å². The molecular weight excluding hydrogens is 438 g/mol.